The van der Waals surface area contributed by atoms with Crippen molar-refractivity contribution in [2.45, 2.75) is 19.0 Å². The number of aryl methyl sites for hydroxylation is 2. The van der Waals surface area contributed by atoms with Crippen molar-refractivity contribution in [3.63, 3.8) is 0 Å². The lowest BCUT2D eigenvalue weighted by Gasteiger charge is -2.10. The maximum Gasteiger partial charge on any atom is 0.234 e. The van der Waals surface area contributed by atoms with Crippen LogP contribution < -0.4 is 5.32 Å². The average molecular weight is 355 g/mol. The number of hydrogen-bond acceptors (Lipinski definition) is 3. The van der Waals surface area contributed by atoms with Gasteiger partial charge in [0.1, 0.15) is 5.82 Å². The van der Waals surface area contributed by atoms with E-state index >= 15 is 0 Å². The molecule has 3 rings (SSSR count). The Morgan fingerprint density at radius 2 is 2.08 bits per heavy atom. The summed E-state index contributed by atoms with van der Waals surface area (Å²) in [5, 5.41) is 3.48. The number of benzene rings is 2. The number of nitrogens with zero attached hydrogens (tertiary/aromatic N) is 2. The van der Waals surface area contributed by atoms with Gasteiger partial charge in [-0.05, 0) is 49.2 Å². The Kier molecular flexibility index (Phi) is 5.19. The topological polar surface area (TPSA) is 46.9 Å². The molecule has 0 atom stereocenters. The van der Waals surface area contributed by atoms with Crippen LogP contribution in [0.5, 0.6) is 0 Å². The third-order valence-corrected chi connectivity index (χ3v) is 4.66. The number of carbonyl (C=O) groups is 1. The molecule has 1 heterocycles. The highest BCUT2D eigenvalue weighted by Crippen LogP contribution is 2.22. The van der Waals surface area contributed by atoms with Gasteiger partial charge in [0.2, 0.25) is 5.91 Å². The van der Waals surface area contributed by atoms with Crippen molar-refractivity contribution in [2.75, 3.05) is 11.1 Å². The summed E-state index contributed by atoms with van der Waals surface area (Å²) in [5.74, 6) is -0.375. The Morgan fingerprint density at radius 3 is 2.88 bits per heavy atom. The number of anilines is 1. The SMILES string of the molecule is Cc1cccc(-n2ccnc2SCC(=O)Nc2cc(F)ccc2C)c1. The van der Waals surface area contributed by atoms with Gasteiger partial charge in [0.25, 0.3) is 0 Å². The molecule has 0 aliphatic carbocycles. The van der Waals surface area contributed by atoms with Crippen LogP contribution in [0.3, 0.4) is 0 Å². The fourth-order valence-electron chi connectivity index (χ4n) is 2.42. The van der Waals surface area contributed by atoms with Gasteiger partial charge in [-0.15, -0.1) is 0 Å². The first kappa shape index (κ1) is 17.2. The number of halogens is 1. The van der Waals surface area contributed by atoms with Gasteiger partial charge in [-0.1, -0.05) is 30.0 Å². The predicted molar refractivity (Wildman–Crippen MR) is 98.8 cm³/mol. The van der Waals surface area contributed by atoms with E-state index in [0.29, 0.717) is 5.69 Å². The Labute approximate surface area is 150 Å². The molecular weight excluding hydrogens is 337 g/mol. The highest BCUT2D eigenvalue weighted by molar-refractivity contribution is 7.99. The first-order valence-corrected chi connectivity index (χ1v) is 8.81. The number of carbonyl (C=O) groups excluding carboxylic acids is 1. The fraction of sp³-hybridized carbons (Fsp3) is 0.158. The Bertz CT molecular complexity index is 907. The van der Waals surface area contributed by atoms with Crippen LogP contribution in [-0.4, -0.2) is 21.2 Å². The molecule has 128 valence electrons. The van der Waals surface area contributed by atoms with Crippen LogP contribution in [-0.2, 0) is 4.79 Å². The second-order valence-corrected chi connectivity index (χ2v) is 6.66. The molecule has 4 nitrogen and oxygen atoms in total. The van der Waals surface area contributed by atoms with Crippen molar-refractivity contribution in [2.24, 2.45) is 0 Å². The molecule has 0 aliphatic rings. The maximum absolute atomic E-state index is 13.3. The van der Waals surface area contributed by atoms with E-state index in [2.05, 4.69) is 16.4 Å². The van der Waals surface area contributed by atoms with E-state index < -0.39 is 0 Å². The summed E-state index contributed by atoms with van der Waals surface area (Å²) in [5.41, 5.74) is 3.47. The molecule has 1 N–H and O–H groups in total. The van der Waals surface area contributed by atoms with E-state index in [1.807, 2.05) is 42.8 Å². The van der Waals surface area contributed by atoms with Crippen LogP contribution in [0.25, 0.3) is 5.69 Å². The highest BCUT2D eigenvalue weighted by atomic mass is 32.2. The van der Waals surface area contributed by atoms with Gasteiger partial charge in [0, 0.05) is 23.8 Å². The standard InChI is InChI=1S/C19H18FN3OS/c1-13-4-3-5-16(10-13)23-9-8-21-19(23)25-12-18(24)22-17-11-15(20)7-6-14(17)2/h3-11H,12H2,1-2H3,(H,22,24). The molecule has 0 spiro atoms. The highest BCUT2D eigenvalue weighted by Gasteiger charge is 2.11. The minimum Gasteiger partial charge on any atom is -0.325 e. The smallest absolute Gasteiger partial charge is 0.234 e. The zero-order valence-electron chi connectivity index (χ0n) is 14.0. The number of thioether (sulfide) groups is 1. The Balaban J connectivity index is 1.67. The number of hydrogen-bond donors (Lipinski definition) is 1. The summed E-state index contributed by atoms with van der Waals surface area (Å²) < 4.78 is 15.3. The molecule has 0 saturated heterocycles. The molecular formula is C19H18FN3OS. The lowest BCUT2D eigenvalue weighted by molar-refractivity contribution is -0.113. The molecule has 0 bridgehead atoms. The molecule has 25 heavy (non-hydrogen) atoms. The van der Waals surface area contributed by atoms with Gasteiger partial charge in [0.05, 0.1) is 5.75 Å². The Morgan fingerprint density at radius 1 is 1.24 bits per heavy atom. The molecule has 0 unspecified atom stereocenters. The molecule has 3 aromatic rings. The fourth-order valence-corrected chi connectivity index (χ4v) is 3.19. The quantitative estimate of drug-likeness (QED) is 0.692. The lowest BCUT2D eigenvalue weighted by atomic mass is 10.2. The summed E-state index contributed by atoms with van der Waals surface area (Å²) in [6, 6.07) is 12.4. The maximum atomic E-state index is 13.3. The summed E-state index contributed by atoms with van der Waals surface area (Å²) in [6.07, 6.45) is 3.57. The molecule has 1 amide bonds. The minimum absolute atomic E-state index is 0.193. The predicted octanol–water partition coefficient (Wildman–Crippen LogP) is 4.36. The van der Waals surface area contributed by atoms with Crippen LogP contribution in [0.4, 0.5) is 10.1 Å². The first-order valence-electron chi connectivity index (χ1n) is 7.82. The summed E-state index contributed by atoms with van der Waals surface area (Å²) >= 11 is 1.34. The van der Waals surface area contributed by atoms with Gasteiger partial charge in [0.15, 0.2) is 5.16 Å². The number of rotatable bonds is 5. The lowest BCUT2D eigenvalue weighted by Crippen LogP contribution is -2.15. The van der Waals surface area contributed by atoms with Crippen LogP contribution in [0.15, 0.2) is 60.0 Å². The average Bonchev–Trinajstić information content (AvgIpc) is 3.05. The zero-order valence-corrected chi connectivity index (χ0v) is 14.8. The van der Waals surface area contributed by atoms with Crippen LogP contribution in [0.2, 0.25) is 0 Å². The molecule has 6 heteroatoms. The second-order valence-electron chi connectivity index (χ2n) is 5.71. The van der Waals surface area contributed by atoms with Crippen LogP contribution in [0.1, 0.15) is 11.1 Å². The van der Waals surface area contributed by atoms with Gasteiger partial charge < -0.3 is 5.32 Å². The summed E-state index contributed by atoms with van der Waals surface area (Å²) in [4.78, 5) is 16.5. The van der Waals surface area contributed by atoms with Crippen molar-refractivity contribution in [3.05, 3.63) is 71.8 Å². The van der Waals surface area contributed by atoms with Gasteiger partial charge in [-0.2, -0.15) is 0 Å². The molecule has 0 radical (unpaired) electrons. The minimum atomic E-state index is -0.372. The number of amides is 1. The largest absolute Gasteiger partial charge is 0.325 e. The molecule has 0 aliphatic heterocycles. The first-order chi connectivity index (χ1) is 12.0. The van der Waals surface area contributed by atoms with Crippen molar-refractivity contribution >= 4 is 23.4 Å². The number of nitrogens with one attached hydrogen (secondary N) is 1. The van der Waals surface area contributed by atoms with E-state index in [1.54, 1.807) is 12.3 Å². The summed E-state index contributed by atoms with van der Waals surface area (Å²) in [7, 11) is 0. The van der Waals surface area contributed by atoms with Crippen molar-refractivity contribution < 1.29 is 9.18 Å². The van der Waals surface area contributed by atoms with Gasteiger partial charge in [-0.25, -0.2) is 9.37 Å². The van der Waals surface area contributed by atoms with Gasteiger partial charge in [-0.3, -0.25) is 9.36 Å². The van der Waals surface area contributed by atoms with Crippen LogP contribution >= 0.6 is 11.8 Å². The summed E-state index contributed by atoms with van der Waals surface area (Å²) in [6.45, 7) is 3.86. The van der Waals surface area contributed by atoms with E-state index in [4.69, 9.17) is 0 Å². The Hall–Kier alpha value is -2.60. The van der Waals surface area contributed by atoms with Crippen LogP contribution in [0, 0.1) is 19.7 Å². The van der Waals surface area contributed by atoms with E-state index in [1.165, 1.54) is 23.9 Å². The van der Waals surface area contributed by atoms with Gasteiger partial charge >= 0.3 is 0 Å². The normalized spacial score (nSPS) is 10.7. The number of aromatic nitrogens is 2. The number of imidazole rings is 1. The van der Waals surface area contributed by atoms with E-state index in [9.17, 15) is 9.18 Å². The molecule has 2 aromatic carbocycles. The molecule has 0 fully saturated rings. The third-order valence-electron chi connectivity index (χ3n) is 3.69. The van der Waals surface area contributed by atoms with Crippen molar-refractivity contribution in [3.8, 4) is 5.69 Å². The second kappa shape index (κ2) is 7.53. The zero-order chi connectivity index (χ0) is 17.8. The van der Waals surface area contributed by atoms with Crippen molar-refractivity contribution in [1.29, 1.82) is 0 Å². The molecule has 0 saturated carbocycles. The van der Waals surface area contributed by atoms with E-state index in [0.717, 1.165) is 22.0 Å². The van der Waals surface area contributed by atoms with E-state index in [-0.39, 0.29) is 17.5 Å². The third kappa shape index (κ3) is 4.28. The van der Waals surface area contributed by atoms with Crippen molar-refractivity contribution in [1.82, 2.24) is 9.55 Å². The monoisotopic (exact) mass is 355 g/mol. The molecule has 1 aromatic heterocycles.